The number of rotatable bonds is 7. The van der Waals surface area contributed by atoms with Crippen molar-refractivity contribution in [2.24, 2.45) is 5.10 Å². The molecule has 0 radical (unpaired) electrons. The summed E-state index contributed by atoms with van der Waals surface area (Å²) < 4.78 is 25.5. The molecule has 0 aliphatic rings. The lowest BCUT2D eigenvalue weighted by molar-refractivity contribution is -0.119. The molecule has 0 saturated heterocycles. The Labute approximate surface area is 181 Å². The van der Waals surface area contributed by atoms with E-state index in [0.717, 1.165) is 10.6 Å². The van der Waals surface area contributed by atoms with Crippen LogP contribution in [0.5, 0.6) is 0 Å². The highest BCUT2D eigenvalue weighted by Crippen LogP contribution is 2.25. The summed E-state index contributed by atoms with van der Waals surface area (Å²) in [5.74, 6) is -0.805. The van der Waals surface area contributed by atoms with Gasteiger partial charge in [0.15, 0.2) is 0 Å². The second-order valence-electron chi connectivity index (χ2n) is 6.69. The lowest BCUT2D eigenvalue weighted by Gasteiger charge is -2.23. The molecule has 0 unspecified atom stereocenters. The minimum atomic E-state index is -3.72. The first-order valence-corrected chi connectivity index (χ1v) is 11.1. The van der Waals surface area contributed by atoms with Gasteiger partial charge in [0.1, 0.15) is 6.54 Å². The number of hydrazone groups is 1. The average Bonchev–Trinajstić information content (AvgIpc) is 2.63. The molecule has 0 fully saturated rings. The average molecular weight is 451 g/mol. The minimum absolute atomic E-state index is 0.201. The number of amides is 2. The van der Waals surface area contributed by atoms with Gasteiger partial charge in [-0.3, -0.25) is 13.9 Å². The molecule has 10 heteroatoms. The van der Waals surface area contributed by atoms with Crippen molar-refractivity contribution in [2.45, 2.75) is 20.8 Å². The van der Waals surface area contributed by atoms with E-state index in [-0.39, 0.29) is 5.91 Å². The SMILES string of the molecule is CC(=O)Nc1cccc(/C(C)=N\NC(=O)CN(c2ccc(Cl)cc2C)S(C)(=O)=O)c1. The second-order valence-corrected chi connectivity index (χ2v) is 9.04. The summed E-state index contributed by atoms with van der Waals surface area (Å²) in [6.07, 6.45) is 1.02. The number of carbonyl (C=O) groups is 2. The Morgan fingerprint density at radius 1 is 1.13 bits per heavy atom. The van der Waals surface area contributed by atoms with Crippen LogP contribution in [0.2, 0.25) is 5.02 Å². The van der Waals surface area contributed by atoms with E-state index in [4.69, 9.17) is 11.6 Å². The molecule has 2 amide bonds. The standard InChI is InChI=1S/C20H23ClN4O4S/c1-13-10-17(21)8-9-19(13)25(30(4,28)29)12-20(27)24-23-14(2)16-6-5-7-18(11-16)22-15(3)26/h5-11H,12H2,1-4H3,(H,22,26)(H,24,27)/b23-14-. The monoisotopic (exact) mass is 450 g/mol. The van der Waals surface area contributed by atoms with Gasteiger partial charge in [-0.15, -0.1) is 0 Å². The smallest absolute Gasteiger partial charge is 0.260 e. The highest BCUT2D eigenvalue weighted by molar-refractivity contribution is 7.92. The van der Waals surface area contributed by atoms with Gasteiger partial charge < -0.3 is 5.32 Å². The number of nitrogens with one attached hydrogen (secondary N) is 2. The molecule has 2 rings (SSSR count). The molecular weight excluding hydrogens is 428 g/mol. The van der Waals surface area contributed by atoms with Gasteiger partial charge in [-0.05, 0) is 55.3 Å². The van der Waals surface area contributed by atoms with Crippen LogP contribution in [0.1, 0.15) is 25.0 Å². The van der Waals surface area contributed by atoms with Crippen molar-refractivity contribution in [3.8, 4) is 0 Å². The molecule has 0 aromatic heterocycles. The Hall–Kier alpha value is -2.91. The first kappa shape index (κ1) is 23.4. The first-order valence-electron chi connectivity index (χ1n) is 8.92. The lowest BCUT2D eigenvalue weighted by atomic mass is 10.1. The summed E-state index contributed by atoms with van der Waals surface area (Å²) >= 11 is 5.94. The van der Waals surface area contributed by atoms with Gasteiger partial charge in [-0.2, -0.15) is 5.10 Å². The molecule has 30 heavy (non-hydrogen) atoms. The fourth-order valence-electron chi connectivity index (χ4n) is 2.68. The van der Waals surface area contributed by atoms with Gasteiger partial charge in [0.2, 0.25) is 15.9 Å². The van der Waals surface area contributed by atoms with Crippen molar-refractivity contribution in [1.29, 1.82) is 0 Å². The molecule has 0 bridgehead atoms. The summed E-state index contributed by atoms with van der Waals surface area (Å²) in [5, 5.41) is 7.18. The summed E-state index contributed by atoms with van der Waals surface area (Å²) in [6.45, 7) is 4.36. The molecule has 0 heterocycles. The third-order valence-corrected chi connectivity index (χ3v) is 5.43. The molecule has 2 N–H and O–H groups in total. The summed E-state index contributed by atoms with van der Waals surface area (Å²) in [4.78, 5) is 23.6. The fourth-order valence-corrected chi connectivity index (χ4v) is 3.82. The highest BCUT2D eigenvalue weighted by Gasteiger charge is 2.22. The lowest BCUT2D eigenvalue weighted by Crippen LogP contribution is -2.39. The molecule has 2 aromatic carbocycles. The summed E-state index contributed by atoms with van der Waals surface area (Å²) in [7, 11) is -3.72. The molecule has 0 aliphatic carbocycles. The zero-order valence-electron chi connectivity index (χ0n) is 17.1. The quantitative estimate of drug-likeness (QED) is 0.499. The van der Waals surface area contributed by atoms with Crippen LogP contribution in [0.25, 0.3) is 0 Å². The molecule has 0 saturated carbocycles. The van der Waals surface area contributed by atoms with Crippen molar-refractivity contribution in [3.05, 3.63) is 58.6 Å². The van der Waals surface area contributed by atoms with Gasteiger partial charge in [0.25, 0.3) is 5.91 Å². The molecule has 2 aromatic rings. The van der Waals surface area contributed by atoms with Crippen LogP contribution >= 0.6 is 11.6 Å². The van der Waals surface area contributed by atoms with E-state index in [2.05, 4.69) is 15.8 Å². The van der Waals surface area contributed by atoms with Gasteiger partial charge in [-0.25, -0.2) is 13.8 Å². The Morgan fingerprint density at radius 3 is 2.43 bits per heavy atom. The van der Waals surface area contributed by atoms with Gasteiger partial charge in [0, 0.05) is 17.6 Å². The number of hydrogen-bond donors (Lipinski definition) is 2. The van der Waals surface area contributed by atoms with Crippen LogP contribution in [-0.4, -0.2) is 38.7 Å². The first-order chi connectivity index (χ1) is 14.0. The van der Waals surface area contributed by atoms with Crippen molar-refractivity contribution < 1.29 is 18.0 Å². The predicted octanol–water partition coefficient (Wildman–Crippen LogP) is 2.91. The number of aryl methyl sites for hydroxylation is 1. The number of hydrogen-bond acceptors (Lipinski definition) is 5. The van der Waals surface area contributed by atoms with Crippen LogP contribution in [-0.2, 0) is 19.6 Å². The van der Waals surface area contributed by atoms with Crippen LogP contribution in [0.15, 0.2) is 47.6 Å². The molecular formula is C20H23ClN4O4S. The summed E-state index contributed by atoms with van der Waals surface area (Å²) in [5.41, 5.74) is 5.14. The van der Waals surface area contributed by atoms with E-state index >= 15 is 0 Å². The number of benzene rings is 2. The number of nitrogens with zero attached hydrogens (tertiary/aromatic N) is 2. The van der Waals surface area contributed by atoms with Crippen LogP contribution in [0, 0.1) is 6.92 Å². The zero-order valence-corrected chi connectivity index (χ0v) is 18.6. The van der Waals surface area contributed by atoms with E-state index in [1.54, 1.807) is 56.3 Å². The Balaban J connectivity index is 2.16. The van der Waals surface area contributed by atoms with Crippen molar-refractivity contribution in [1.82, 2.24) is 5.43 Å². The molecule has 0 aliphatic heterocycles. The summed E-state index contributed by atoms with van der Waals surface area (Å²) in [6, 6.07) is 11.7. The Morgan fingerprint density at radius 2 is 1.83 bits per heavy atom. The molecule has 0 atom stereocenters. The van der Waals surface area contributed by atoms with Crippen LogP contribution in [0.3, 0.4) is 0 Å². The van der Waals surface area contributed by atoms with E-state index < -0.39 is 22.5 Å². The number of anilines is 2. The highest BCUT2D eigenvalue weighted by atomic mass is 35.5. The normalized spacial score (nSPS) is 11.7. The Kier molecular flexibility index (Phi) is 7.58. The van der Waals surface area contributed by atoms with Crippen molar-refractivity contribution in [2.75, 3.05) is 22.4 Å². The largest absolute Gasteiger partial charge is 0.326 e. The van der Waals surface area contributed by atoms with Gasteiger partial charge >= 0.3 is 0 Å². The van der Waals surface area contributed by atoms with Crippen LogP contribution in [0.4, 0.5) is 11.4 Å². The molecule has 160 valence electrons. The van der Waals surface area contributed by atoms with Crippen LogP contribution < -0.4 is 15.0 Å². The van der Waals surface area contributed by atoms with E-state index in [1.807, 2.05) is 0 Å². The third-order valence-electron chi connectivity index (χ3n) is 4.06. The molecule has 0 spiro atoms. The zero-order chi connectivity index (χ0) is 22.5. The second kappa shape index (κ2) is 9.73. The third kappa shape index (κ3) is 6.57. The molecule has 8 nitrogen and oxygen atoms in total. The van der Waals surface area contributed by atoms with E-state index in [0.29, 0.717) is 33.2 Å². The topological polar surface area (TPSA) is 108 Å². The van der Waals surface area contributed by atoms with Gasteiger partial charge in [0.05, 0.1) is 17.7 Å². The number of carbonyl (C=O) groups excluding carboxylic acids is 2. The van der Waals surface area contributed by atoms with Crippen molar-refractivity contribution in [3.63, 3.8) is 0 Å². The minimum Gasteiger partial charge on any atom is -0.326 e. The van der Waals surface area contributed by atoms with Gasteiger partial charge in [-0.1, -0.05) is 23.7 Å². The van der Waals surface area contributed by atoms with Crippen molar-refractivity contribution >= 4 is 50.5 Å². The van der Waals surface area contributed by atoms with E-state index in [1.165, 1.54) is 6.92 Å². The predicted molar refractivity (Wildman–Crippen MR) is 119 cm³/mol. The van der Waals surface area contributed by atoms with E-state index in [9.17, 15) is 18.0 Å². The maximum Gasteiger partial charge on any atom is 0.260 e. The maximum atomic E-state index is 12.4. The number of sulfonamides is 1. The number of halogens is 1. The fraction of sp³-hybridized carbons (Fsp3) is 0.250. The Bertz CT molecular complexity index is 1100. The maximum absolute atomic E-state index is 12.4.